The van der Waals surface area contributed by atoms with E-state index >= 15 is 0 Å². The van der Waals surface area contributed by atoms with Gasteiger partial charge in [-0.15, -0.1) is 31.2 Å². The van der Waals surface area contributed by atoms with Gasteiger partial charge in [0.25, 0.3) is 0 Å². The molecule has 3 N–H and O–H groups in total. The molecule has 0 aromatic rings. The van der Waals surface area contributed by atoms with Crippen molar-refractivity contribution in [3.8, 4) is 0 Å². The van der Waals surface area contributed by atoms with Gasteiger partial charge in [-0.2, -0.15) is 0 Å². The molecule has 0 amide bonds. The molecular formula is H12CeN3Si3. The Morgan fingerprint density at radius 3 is 0.571 bits per heavy atom. The van der Waals surface area contributed by atoms with Gasteiger partial charge in [0.15, 0.2) is 0 Å². The Hall–Kier alpha value is 1.91. The quantitative estimate of drug-likeness (QED) is 0.458. The topological polar surface area (TPSA) is 71.4 Å². The maximum Gasteiger partial charge on any atom is 3.00 e. The van der Waals surface area contributed by atoms with Crippen LogP contribution in [0.2, 0.25) is 0 Å². The molecule has 0 bridgehead atoms. The van der Waals surface area contributed by atoms with Gasteiger partial charge in [-0.25, -0.2) is 0 Å². The molecule has 43 valence electrons. The van der Waals surface area contributed by atoms with E-state index in [0.717, 1.165) is 0 Å². The predicted octanol–water partition coefficient (Wildman–Crippen LogP) is -2.04. The van der Waals surface area contributed by atoms with E-state index in [0.29, 0.717) is 31.2 Å². The Labute approximate surface area is 88.0 Å². The van der Waals surface area contributed by atoms with Gasteiger partial charge < -0.3 is 16.2 Å². The van der Waals surface area contributed by atoms with Gasteiger partial charge in [-0.1, -0.05) is 0 Å². The Morgan fingerprint density at radius 1 is 0.571 bits per heavy atom. The number of nitrogens with one attached hydrogen (secondary N) is 3. The summed E-state index contributed by atoms with van der Waals surface area (Å²) in [4.78, 5) is 0. The van der Waals surface area contributed by atoms with Gasteiger partial charge in [-0.3, -0.25) is 0 Å². The Kier molecular flexibility index (Phi) is 343. The first-order valence-corrected chi connectivity index (χ1v) is 4.50. The molecule has 0 aliphatic rings. The van der Waals surface area contributed by atoms with E-state index < -0.39 is 0 Å². The minimum Gasteiger partial charge on any atom is -0.687 e. The minimum absolute atomic E-state index is 0. The molecular weight excluding hydrogens is 266 g/mol. The van der Waals surface area contributed by atoms with Crippen LogP contribution in [0.5, 0.6) is 0 Å². The van der Waals surface area contributed by atoms with Crippen molar-refractivity contribution in [2.45, 2.75) is 0 Å². The maximum absolute atomic E-state index is 5.89. The summed E-state index contributed by atoms with van der Waals surface area (Å²) in [6, 6.07) is 0. The second-order valence-electron chi connectivity index (χ2n) is 0. The first-order valence-electron chi connectivity index (χ1n) is 1.50. The zero-order valence-corrected chi connectivity index (χ0v) is 14.1. The monoisotopic (exact) mass is 278 g/mol. The molecule has 7 heavy (non-hydrogen) atoms. The fourth-order valence-electron chi connectivity index (χ4n) is 0. The SMILES string of the molecule is [Ce+3].[NH-][SiH3].[NH-][SiH3].[NH-][SiH3]. The van der Waals surface area contributed by atoms with Crippen LogP contribution in [-0.4, -0.2) is 31.2 Å². The van der Waals surface area contributed by atoms with E-state index in [9.17, 15) is 0 Å². The van der Waals surface area contributed by atoms with Crippen LogP contribution in [-0.2, 0) is 0 Å². The van der Waals surface area contributed by atoms with Crippen molar-refractivity contribution in [1.82, 2.24) is 0 Å². The Bertz CT molecular complexity index is 10.1. The molecule has 7 heteroatoms. The zero-order valence-electron chi connectivity index (χ0n) is 5.00. The molecule has 0 aliphatic carbocycles. The van der Waals surface area contributed by atoms with E-state index in [4.69, 9.17) is 16.2 Å². The van der Waals surface area contributed by atoms with Crippen molar-refractivity contribution in [3.05, 3.63) is 16.2 Å². The fourth-order valence-corrected chi connectivity index (χ4v) is 0. The Balaban J connectivity index is -0.00000000900. The smallest absolute Gasteiger partial charge is 0.687 e. The third kappa shape index (κ3) is 75.9. The second-order valence-corrected chi connectivity index (χ2v) is 0. The zero-order chi connectivity index (χ0) is 6.00. The summed E-state index contributed by atoms with van der Waals surface area (Å²) in [7, 11) is 1.67. The van der Waals surface area contributed by atoms with Crippen LogP contribution in [0.15, 0.2) is 0 Å². The molecule has 0 atom stereocenters. The number of hydrogen-bond donors (Lipinski definition) is 0. The van der Waals surface area contributed by atoms with Gasteiger partial charge in [0.1, 0.15) is 0 Å². The molecule has 0 aliphatic heterocycles. The summed E-state index contributed by atoms with van der Waals surface area (Å²) in [5.74, 6) is 0. The van der Waals surface area contributed by atoms with E-state index in [1.165, 1.54) is 0 Å². The third-order valence-electron chi connectivity index (χ3n) is 0. The largest absolute Gasteiger partial charge is 3.00 e. The standard InChI is InChI=1S/Ce.3H4NSi/c;3*1-2/h;3*1H,2H3/q+3;3*-1. The van der Waals surface area contributed by atoms with Crippen LogP contribution < -0.4 is 0 Å². The molecule has 0 saturated heterocycles. The summed E-state index contributed by atoms with van der Waals surface area (Å²) < 4.78 is 0. The van der Waals surface area contributed by atoms with Crippen molar-refractivity contribution in [2.75, 3.05) is 0 Å². The van der Waals surface area contributed by atoms with Gasteiger partial charge in [0.2, 0.25) is 0 Å². The molecule has 1 radical (unpaired) electrons. The molecule has 0 fully saturated rings. The molecule has 0 saturated carbocycles. The number of rotatable bonds is 0. The number of hydrogen-bond acceptors (Lipinski definition) is 0. The van der Waals surface area contributed by atoms with Crippen LogP contribution in [0.3, 0.4) is 0 Å². The summed E-state index contributed by atoms with van der Waals surface area (Å²) in [5.41, 5.74) is 0. The maximum atomic E-state index is 5.89. The second kappa shape index (κ2) is 104. The first-order chi connectivity index (χ1) is 3.00. The Morgan fingerprint density at radius 2 is 0.571 bits per heavy atom. The van der Waals surface area contributed by atoms with Gasteiger partial charge in [0.05, 0.1) is 0 Å². The van der Waals surface area contributed by atoms with Gasteiger partial charge in [-0.05, 0) is 0 Å². The van der Waals surface area contributed by atoms with Crippen molar-refractivity contribution in [3.63, 3.8) is 0 Å². The summed E-state index contributed by atoms with van der Waals surface area (Å²) >= 11 is 0. The van der Waals surface area contributed by atoms with Crippen molar-refractivity contribution in [1.29, 1.82) is 0 Å². The molecule has 0 aromatic heterocycles. The van der Waals surface area contributed by atoms with Crippen molar-refractivity contribution in [2.24, 2.45) is 0 Å². The molecule has 0 aromatic carbocycles. The minimum atomic E-state index is 0. The molecule has 0 rings (SSSR count). The average Bonchev–Trinajstić information content (AvgIpc) is 1.81. The normalized spacial score (nSPS) is 3.86. The van der Waals surface area contributed by atoms with Crippen LogP contribution in [0.25, 0.3) is 16.2 Å². The summed E-state index contributed by atoms with van der Waals surface area (Å²) in [5, 5.41) is 17.7. The van der Waals surface area contributed by atoms with Crippen LogP contribution in [0.1, 0.15) is 0 Å². The third-order valence-corrected chi connectivity index (χ3v) is 0. The van der Waals surface area contributed by atoms with Crippen LogP contribution in [0, 0.1) is 41.7 Å². The van der Waals surface area contributed by atoms with E-state index in [-0.39, 0.29) is 41.7 Å². The van der Waals surface area contributed by atoms with E-state index in [2.05, 4.69) is 0 Å². The summed E-state index contributed by atoms with van der Waals surface area (Å²) in [6.45, 7) is 0. The first kappa shape index (κ1) is 23.1. The van der Waals surface area contributed by atoms with Crippen LogP contribution in [0.4, 0.5) is 0 Å². The molecule has 0 unspecified atom stereocenters. The van der Waals surface area contributed by atoms with Crippen molar-refractivity contribution < 1.29 is 41.7 Å². The van der Waals surface area contributed by atoms with Gasteiger partial charge in [0, 0.05) is 0 Å². The molecule has 0 spiro atoms. The fraction of sp³-hybridized carbons (Fsp3) is 0. The van der Waals surface area contributed by atoms with Gasteiger partial charge >= 0.3 is 41.7 Å². The van der Waals surface area contributed by atoms with Crippen LogP contribution >= 0.6 is 0 Å². The predicted molar refractivity (Wildman–Crippen MR) is 42.8 cm³/mol. The molecule has 0 heterocycles. The molecule has 3 nitrogen and oxygen atoms in total. The van der Waals surface area contributed by atoms with E-state index in [1.54, 1.807) is 0 Å². The average molecular weight is 278 g/mol. The van der Waals surface area contributed by atoms with Crippen molar-refractivity contribution >= 4 is 31.2 Å². The van der Waals surface area contributed by atoms with E-state index in [1.807, 2.05) is 0 Å². The summed E-state index contributed by atoms with van der Waals surface area (Å²) in [6.07, 6.45) is 0.